The Morgan fingerprint density at radius 2 is 2.38 bits per heavy atom. The average molecular weight is 233 g/mol. The highest BCUT2D eigenvalue weighted by Gasteiger charge is 2.05. The second-order valence-corrected chi connectivity index (χ2v) is 4.59. The van der Waals surface area contributed by atoms with Crippen LogP contribution in [0.1, 0.15) is 20.2 Å². The molecule has 0 fully saturated rings. The van der Waals surface area contributed by atoms with Crippen LogP contribution in [0.2, 0.25) is 0 Å². The molecule has 2 rings (SSSR count). The third kappa shape index (κ3) is 2.64. The normalized spacial score (nSPS) is 10.1. The first-order valence-corrected chi connectivity index (χ1v) is 5.67. The highest BCUT2D eigenvalue weighted by molar-refractivity contribution is 7.11. The number of nitrogens with zero attached hydrogens (tertiary/aromatic N) is 2. The lowest BCUT2D eigenvalue weighted by Crippen LogP contribution is -2.22. The summed E-state index contributed by atoms with van der Waals surface area (Å²) in [6.45, 7) is 2.45. The number of carbonyl (C=O) groups excluding carboxylic acids is 1. The lowest BCUT2D eigenvalue weighted by molar-refractivity contribution is 0.0951. The van der Waals surface area contributed by atoms with Gasteiger partial charge in [-0.2, -0.15) is 0 Å². The average Bonchev–Trinajstić information content (AvgIpc) is 2.73. The first-order chi connectivity index (χ1) is 7.75. The summed E-state index contributed by atoms with van der Waals surface area (Å²) < 4.78 is 0. The fourth-order valence-corrected chi connectivity index (χ4v) is 1.99. The molecule has 16 heavy (non-hydrogen) atoms. The zero-order valence-electron chi connectivity index (χ0n) is 8.80. The number of aromatic nitrogens is 2. The first kappa shape index (κ1) is 10.8. The molecule has 0 bridgehead atoms. The molecule has 0 aromatic carbocycles. The maximum atomic E-state index is 11.7. The van der Waals surface area contributed by atoms with E-state index in [1.54, 1.807) is 42.1 Å². The molecule has 2 heterocycles. The zero-order valence-corrected chi connectivity index (χ0v) is 9.62. The minimum absolute atomic E-state index is 0.112. The van der Waals surface area contributed by atoms with Crippen LogP contribution in [0.25, 0.3) is 0 Å². The SMILES string of the molecule is Cc1ncc(CNC(=O)c2cccnc2)s1. The van der Waals surface area contributed by atoms with E-state index in [-0.39, 0.29) is 5.91 Å². The van der Waals surface area contributed by atoms with Crippen LogP contribution in [0.4, 0.5) is 0 Å². The van der Waals surface area contributed by atoms with Gasteiger partial charge in [-0.25, -0.2) is 4.98 Å². The molecule has 0 aliphatic carbocycles. The number of thiazole rings is 1. The van der Waals surface area contributed by atoms with Gasteiger partial charge in [0.05, 0.1) is 17.1 Å². The Labute approximate surface area is 97.4 Å². The Morgan fingerprint density at radius 1 is 1.50 bits per heavy atom. The van der Waals surface area contributed by atoms with Gasteiger partial charge in [-0.05, 0) is 19.1 Å². The van der Waals surface area contributed by atoms with E-state index in [9.17, 15) is 4.79 Å². The quantitative estimate of drug-likeness (QED) is 0.879. The van der Waals surface area contributed by atoms with Crippen LogP contribution in [0, 0.1) is 6.92 Å². The van der Waals surface area contributed by atoms with E-state index in [0.29, 0.717) is 12.1 Å². The summed E-state index contributed by atoms with van der Waals surface area (Å²) >= 11 is 1.58. The van der Waals surface area contributed by atoms with Crippen LogP contribution in [0.5, 0.6) is 0 Å². The molecule has 2 aromatic rings. The van der Waals surface area contributed by atoms with Crippen molar-refractivity contribution in [1.82, 2.24) is 15.3 Å². The van der Waals surface area contributed by atoms with Crippen molar-refractivity contribution >= 4 is 17.2 Å². The van der Waals surface area contributed by atoms with E-state index in [1.165, 1.54) is 0 Å². The minimum Gasteiger partial charge on any atom is -0.347 e. The van der Waals surface area contributed by atoms with Crippen molar-refractivity contribution < 1.29 is 4.79 Å². The van der Waals surface area contributed by atoms with E-state index >= 15 is 0 Å². The molecule has 1 N–H and O–H groups in total. The number of amides is 1. The number of carbonyl (C=O) groups is 1. The number of aryl methyl sites for hydroxylation is 1. The van der Waals surface area contributed by atoms with Crippen molar-refractivity contribution in [2.75, 3.05) is 0 Å². The van der Waals surface area contributed by atoms with Crippen molar-refractivity contribution in [3.05, 3.63) is 46.2 Å². The van der Waals surface area contributed by atoms with Crippen molar-refractivity contribution in [3.63, 3.8) is 0 Å². The monoisotopic (exact) mass is 233 g/mol. The van der Waals surface area contributed by atoms with Crippen LogP contribution < -0.4 is 5.32 Å². The van der Waals surface area contributed by atoms with Crippen LogP contribution >= 0.6 is 11.3 Å². The molecule has 2 aromatic heterocycles. The number of hydrogen-bond acceptors (Lipinski definition) is 4. The first-order valence-electron chi connectivity index (χ1n) is 4.85. The zero-order chi connectivity index (χ0) is 11.4. The molecule has 1 amide bonds. The van der Waals surface area contributed by atoms with Gasteiger partial charge in [0.25, 0.3) is 5.91 Å². The van der Waals surface area contributed by atoms with Gasteiger partial charge >= 0.3 is 0 Å². The van der Waals surface area contributed by atoms with Crippen molar-refractivity contribution in [2.45, 2.75) is 13.5 Å². The van der Waals surface area contributed by atoms with Gasteiger partial charge in [-0.15, -0.1) is 11.3 Å². The third-order valence-electron chi connectivity index (χ3n) is 2.02. The van der Waals surface area contributed by atoms with Crippen molar-refractivity contribution in [1.29, 1.82) is 0 Å². The molecule has 5 heteroatoms. The van der Waals surface area contributed by atoms with Gasteiger partial charge in [-0.1, -0.05) is 0 Å². The highest BCUT2D eigenvalue weighted by Crippen LogP contribution is 2.10. The second-order valence-electron chi connectivity index (χ2n) is 3.27. The van der Waals surface area contributed by atoms with Crippen LogP contribution in [0.15, 0.2) is 30.7 Å². The minimum atomic E-state index is -0.112. The number of rotatable bonds is 3. The molecule has 0 saturated carbocycles. The molecule has 0 unspecified atom stereocenters. The summed E-state index contributed by atoms with van der Waals surface area (Å²) in [5.41, 5.74) is 0.573. The Hall–Kier alpha value is -1.75. The van der Waals surface area contributed by atoms with Gasteiger partial charge in [0.15, 0.2) is 0 Å². The topological polar surface area (TPSA) is 54.9 Å². The Morgan fingerprint density at radius 3 is 3.00 bits per heavy atom. The maximum absolute atomic E-state index is 11.7. The van der Waals surface area contributed by atoms with Crippen LogP contribution in [-0.4, -0.2) is 15.9 Å². The summed E-state index contributed by atoms with van der Waals surface area (Å²) in [7, 11) is 0. The fraction of sp³-hybridized carbons (Fsp3) is 0.182. The Balaban J connectivity index is 1.94. The smallest absolute Gasteiger partial charge is 0.253 e. The second kappa shape index (κ2) is 4.85. The molecular formula is C11H11N3OS. The lowest BCUT2D eigenvalue weighted by Gasteiger charge is -2.02. The maximum Gasteiger partial charge on any atom is 0.253 e. The molecule has 0 aliphatic rings. The largest absolute Gasteiger partial charge is 0.347 e. The summed E-state index contributed by atoms with van der Waals surface area (Å²) in [6, 6.07) is 3.48. The number of pyridine rings is 1. The van der Waals surface area contributed by atoms with Gasteiger partial charge in [0.2, 0.25) is 0 Å². The van der Waals surface area contributed by atoms with Crippen LogP contribution in [-0.2, 0) is 6.54 Å². The molecule has 0 atom stereocenters. The van der Waals surface area contributed by atoms with Crippen LogP contribution in [0.3, 0.4) is 0 Å². The summed E-state index contributed by atoms with van der Waals surface area (Å²) in [6.07, 6.45) is 4.97. The van der Waals surface area contributed by atoms with Gasteiger partial charge in [0, 0.05) is 23.5 Å². The molecule has 0 radical (unpaired) electrons. The molecule has 0 saturated heterocycles. The Kier molecular flexibility index (Phi) is 3.26. The summed E-state index contributed by atoms with van der Waals surface area (Å²) in [5, 5.41) is 3.83. The molecular weight excluding hydrogens is 222 g/mol. The van der Waals surface area contributed by atoms with E-state index in [4.69, 9.17) is 0 Å². The van der Waals surface area contributed by atoms with E-state index in [2.05, 4.69) is 15.3 Å². The van der Waals surface area contributed by atoms with E-state index < -0.39 is 0 Å². The van der Waals surface area contributed by atoms with E-state index in [1.807, 2.05) is 6.92 Å². The van der Waals surface area contributed by atoms with Gasteiger partial charge in [-0.3, -0.25) is 9.78 Å². The highest BCUT2D eigenvalue weighted by atomic mass is 32.1. The predicted octanol–water partition coefficient (Wildman–Crippen LogP) is 1.78. The fourth-order valence-electron chi connectivity index (χ4n) is 1.25. The van der Waals surface area contributed by atoms with E-state index in [0.717, 1.165) is 9.88 Å². The molecule has 0 spiro atoms. The molecule has 82 valence electrons. The van der Waals surface area contributed by atoms with Gasteiger partial charge < -0.3 is 5.32 Å². The lowest BCUT2D eigenvalue weighted by atomic mass is 10.3. The van der Waals surface area contributed by atoms with Crippen molar-refractivity contribution in [2.24, 2.45) is 0 Å². The van der Waals surface area contributed by atoms with Crippen molar-refractivity contribution in [3.8, 4) is 0 Å². The summed E-state index contributed by atoms with van der Waals surface area (Å²) in [5.74, 6) is -0.112. The third-order valence-corrected chi connectivity index (χ3v) is 2.93. The molecule has 0 aliphatic heterocycles. The number of hydrogen-bond donors (Lipinski definition) is 1. The number of nitrogens with one attached hydrogen (secondary N) is 1. The summed E-state index contributed by atoms with van der Waals surface area (Å²) in [4.78, 5) is 20.7. The van der Waals surface area contributed by atoms with Gasteiger partial charge in [0.1, 0.15) is 0 Å². The Bertz CT molecular complexity index is 481. The standard InChI is InChI=1S/C11H11N3OS/c1-8-13-6-10(16-8)7-14-11(15)9-3-2-4-12-5-9/h2-6H,7H2,1H3,(H,14,15). The molecule has 4 nitrogen and oxygen atoms in total. The predicted molar refractivity (Wildman–Crippen MR) is 62.3 cm³/mol.